The Hall–Kier alpha value is -0.950. The molecule has 1 aromatic rings. The van der Waals surface area contributed by atoms with Crippen LogP contribution in [0.2, 0.25) is 0 Å². The molecule has 0 aliphatic heterocycles. The van der Waals surface area contributed by atoms with Gasteiger partial charge in [-0.2, -0.15) is 0 Å². The minimum absolute atomic E-state index is 0.0669. The lowest BCUT2D eigenvalue weighted by molar-refractivity contribution is -0.115. The highest BCUT2D eigenvalue weighted by Gasteiger charge is 2.18. The number of aliphatic hydroxyl groups is 2. The van der Waals surface area contributed by atoms with Crippen molar-refractivity contribution in [3.8, 4) is 0 Å². The van der Waals surface area contributed by atoms with Gasteiger partial charge in [0.1, 0.15) is 0 Å². The third-order valence-corrected chi connectivity index (χ3v) is 2.97. The molecule has 100 valence electrons. The fourth-order valence-corrected chi connectivity index (χ4v) is 1.64. The molecule has 0 spiro atoms. The molecule has 5 nitrogen and oxygen atoms in total. The van der Waals surface area contributed by atoms with E-state index in [9.17, 15) is 9.90 Å². The summed E-state index contributed by atoms with van der Waals surface area (Å²) in [5.41, 5.74) is -0.522. The van der Waals surface area contributed by atoms with E-state index in [2.05, 4.69) is 26.6 Å². The number of amides is 1. The van der Waals surface area contributed by atoms with Crippen molar-refractivity contribution in [2.45, 2.75) is 12.5 Å². The summed E-state index contributed by atoms with van der Waals surface area (Å²) in [6.07, 6.45) is 0. The van der Waals surface area contributed by atoms with Crippen LogP contribution in [0.5, 0.6) is 0 Å². The molecule has 0 saturated carbocycles. The average molecular weight is 317 g/mol. The number of rotatable bonds is 6. The molecule has 0 aliphatic rings. The first-order valence-corrected chi connectivity index (χ1v) is 6.32. The van der Waals surface area contributed by atoms with Crippen LogP contribution >= 0.6 is 15.9 Å². The lowest BCUT2D eigenvalue weighted by Gasteiger charge is -2.20. The molecule has 1 rings (SSSR count). The quantitative estimate of drug-likeness (QED) is 0.623. The zero-order valence-electron chi connectivity index (χ0n) is 10.1. The van der Waals surface area contributed by atoms with Crippen LogP contribution in [0.3, 0.4) is 0 Å². The molecule has 0 heterocycles. The van der Waals surface area contributed by atoms with Crippen molar-refractivity contribution in [3.63, 3.8) is 0 Å². The summed E-state index contributed by atoms with van der Waals surface area (Å²) in [5, 5.41) is 23.9. The topological polar surface area (TPSA) is 81.6 Å². The molecule has 0 aliphatic carbocycles. The van der Waals surface area contributed by atoms with Crippen LogP contribution in [0.25, 0.3) is 0 Å². The first-order valence-electron chi connectivity index (χ1n) is 5.53. The standard InChI is InChI=1S/C12H17BrN2O3/c1-12(18,8-16)7-14-6-11(17)15-10-5-3-2-4-9(10)13/h2-5,14,16,18H,6-8H2,1H3,(H,15,17). The van der Waals surface area contributed by atoms with Gasteiger partial charge in [0.2, 0.25) is 5.91 Å². The van der Waals surface area contributed by atoms with E-state index in [1.54, 1.807) is 6.07 Å². The minimum Gasteiger partial charge on any atom is -0.393 e. The van der Waals surface area contributed by atoms with Gasteiger partial charge < -0.3 is 20.8 Å². The third kappa shape index (κ3) is 5.14. The number of aliphatic hydroxyl groups excluding tert-OH is 1. The summed E-state index contributed by atoms with van der Waals surface area (Å²) in [4.78, 5) is 11.6. The van der Waals surface area contributed by atoms with Crippen molar-refractivity contribution in [2.75, 3.05) is 25.0 Å². The molecule has 1 aromatic carbocycles. The summed E-state index contributed by atoms with van der Waals surface area (Å²) in [6.45, 7) is 1.35. The van der Waals surface area contributed by atoms with Gasteiger partial charge in [-0.1, -0.05) is 12.1 Å². The third-order valence-electron chi connectivity index (χ3n) is 2.28. The Morgan fingerprint density at radius 1 is 1.44 bits per heavy atom. The lowest BCUT2D eigenvalue weighted by Crippen LogP contribution is -2.43. The van der Waals surface area contributed by atoms with Crippen LogP contribution in [-0.4, -0.2) is 41.4 Å². The highest BCUT2D eigenvalue weighted by molar-refractivity contribution is 9.10. The first-order chi connectivity index (χ1) is 8.44. The van der Waals surface area contributed by atoms with Crippen LogP contribution in [0.4, 0.5) is 5.69 Å². The van der Waals surface area contributed by atoms with Crippen molar-refractivity contribution in [1.82, 2.24) is 5.32 Å². The second kappa shape index (κ2) is 6.84. The fourth-order valence-electron chi connectivity index (χ4n) is 1.26. The van der Waals surface area contributed by atoms with Gasteiger partial charge in [0.15, 0.2) is 0 Å². The number of carbonyl (C=O) groups is 1. The summed E-state index contributed by atoms with van der Waals surface area (Å²) >= 11 is 3.33. The number of para-hydroxylation sites is 1. The Kier molecular flexibility index (Phi) is 5.74. The van der Waals surface area contributed by atoms with Gasteiger partial charge in [-0.25, -0.2) is 0 Å². The number of hydrogen-bond acceptors (Lipinski definition) is 4. The van der Waals surface area contributed by atoms with Crippen molar-refractivity contribution < 1.29 is 15.0 Å². The minimum atomic E-state index is -1.21. The normalized spacial score (nSPS) is 14.0. The Morgan fingerprint density at radius 3 is 2.72 bits per heavy atom. The average Bonchev–Trinajstić information content (AvgIpc) is 2.32. The number of benzene rings is 1. The van der Waals surface area contributed by atoms with E-state index in [1.165, 1.54) is 6.92 Å². The number of anilines is 1. The summed E-state index contributed by atoms with van der Waals surface area (Å²) in [7, 11) is 0. The Morgan fingerprint density at radius 2 is 2.11 bits per heavy atom. The van der Waals surface area contributed by atoms with Gasteiger partial charge >= 0.3 is 0 Å². The van der Waals surface area contributed by atoms with Crippen molar-refractivity contribution in [1.29, 1.82) is 0 Å². The second-order valence-corrected chi connectivity index (χ2v) is 5.14. The van der Waals surface area contributed by atoms with Gasteiger partial charge in [-0.15, -0.1) is 0 Å². The smallest absolute Gasteiger partial charge is 0.238 e. The number of halogens is 1. The monoisotopic (exact) mass is 316 g/mol. The predicted molar refractivity (Wildman–Crippen MR) is 73.4 cm³/mol. The van der Waals surface area contributed by atoms with Crippen molar-refractivity contribution in [3.05, 3.63) is 28.7 Å². The maximum atomic E-state index is 11.6. The van der Waals surface area contributed by atoms with Gasteiger partial charge in [0.05, 0.1) is 24.4 Å². The number of carbonyl (C=O) groups excluding carboxylic acids is 1. The van der Waals surface area contributed by atoms with E-state index in [0.29, 0.717) is 5.69 Å². The molecular weight excluding hydrogens is 300 g/mol. The van der Waals surface area contributed by atoms with E-state index in [4.69, 9.17) is 5.11 Å². The summed E-state index contributed by atoms with van der Waals surface area (Å²) in [6, 6.07) is 7.30. The molecule has 1 atom stereocenters. The largest absolute Gasteiger partial charge is 0.393 e. The van der Waals surface area contributed by atoms with E-state index in [-0.39, 0.29) is 25.6 Å². The molecule has 1 amide bonds. The summed E-state index contributed by atoms with van der Waals surface area (Å²) in [5.74, 6) is -0.212. The van der Waals surface area contributed by atoms with Crippen molar-refractivity contribution in [2.24, 2.45) is 0 Å². The van der Waals surface area contributed by atoms with Crippen LogP contribution < -0.4 is 10.6 Å². The Bertz CT molecular complexity index is 410. The molecule has 0 fully saturated rings. The zero-order valence-corrected chi connectivity index (χ0v) is 11.7. The molecule has 1 unspecified atom stereocenters. The molecule has 4 N–H and O–H groups in total. The van der Waals surface area contributed by atoms with Crippen LogP contribution in [0.15, 0.2) is 28.7 Å². The Labute approximate surface area is 114 Å². The highest BCUT2D eigenvalue weighted by atomic mass is 79.9. The highest BCUT2D eigenvalue weighted by Crippen LogP contribution is 2.20. The van der Waals surface area contributed by atoms with Gasteiger partial charge in [0, 0.05) is 11.0 Å². The number of hydrogen-bond donors (Lipinski definition) is 4. The maximum Gasteiger partial charge on any atom is 0.238 e. The first kappa shape index (κ1) is 15.1. The fraction of sp³-hybridized carbons (Fsp3) is 0.417. The van der Waals surface area contributed by atoms with E-state index in [0.717, 1.165) is 4.47 Å². The van der Waals surface area contributed by atoms with Crippen LogP contribution in [0.1, 0.15) is 6.92 Å². The SMILES string of the molecule is CC(O)(CO)CNCC(=O)Nc1ccccc1Br. The van der Waals surface area contributed by atoms with Crippen LogP contribution in [0, 0.1) is 0 Å². The molecule has 0 aromatic heterocycles. The van der Waals surface area contributed by atoms with Gasteiger partial charge in [-0.3, -0.25) is 4.79 Å². The predicted octanol–water partition coefficient (Wildman–Crippen LogP) is 0.720. The molecular formula is C12H17BrN2O3. The van der Waals surface area contributed by atoms with Gasteiger partial charge in [0.25, 0.3) is 0 Å². The van der Waals surface area contributed by atoms with E-state index >= 15 is 0 Å². The van der Waals surface area contributed by atoms with Gasteiger partial charge in [-0.05, 0) is 35.0 Å². The van der Waals surface area contributed by atoms with E-state index in [1.807, 2.05) is 18.2 Å². The summed E-state index contributed by atoms with van der Waals surface area (Å²) < 4.78 is 0.806. The molecule has 0 saturated heterocycles. The molecule has 6 heteroatoms. The molecule has 18 heavy (non-hydrogen) atoms. The van der Waals surface area contributed by atoms with Crippen LogP contribution in [-0.2, 0) is 4.79 Å². The lowest BCUT2D eigenvalue weighted by atomic mass is 10.1. The maximum absolute atomic E-state index is 11.6. The molecule has 0 radical (unpaired) electrons. The Balaban J connectivity index is 2.37. The van der Waals surface area contributed by atoms with Crippen molar-refractivity contribution >= 4 is 27.5 Å². The van der Waals surface area contributed by atoms with E-state index < -0.39 is 5.60 Å². The second-order valence-electron chi connectivity index (χ2n) is 4.29. The molecule has 0 bridgehead atoms. The number of nitrogens with one attached hydrogen (secondary N) is 2. The zero-order chi connectivity index (χ0) is 13.6.